The molecule has 0 spiro atoms. The summed E-state index contributed by atoms with van der Waals surface area (Å²) < 4.78 is 25.2. The molecule has 4 aromatic rings. The second kappa shape index (κ2) is 14.9. The highest BCUT2D eigenvalue weighted by Crippen LogP contribution is 2.30. The van der Waals surface area contributed by atoms with E-state index in [1.54, 1.807) is 121 Å². The molecule has 0 aliphatic carbocycles. The van der Waals surface area contributed by atoms with E-state index in [1.165, 1.54) is 26.4 Å². The largest absolute Gasteiger partial charge is 0.508 e. The van der Waals surface area contributed by atoms with Crippen molar-refractivity contribution in [2.24, 2.45) is 14.1 Å². The summed E-state index contributed by atoms with van der Waals surface area (Å²) in [5, 5.41) is 10.3. The van der Waals surface area contributed by atoms with E-state index < -0.39 is 17.7 Å². The topological polar surface area (TPSA) is 116 Å². The Labute approximate surface area is 260 Å². The SMILES string of the molecule is COc1cc(/C=C/C(=O)/C=C(O)/C=C/c2ccc(OC(=O)c3ccc[n+](C)c3)c(OC)c2)ccc1OC(=O)c1ccc[n+](C)c1. The average molecular weight is 609 g/mol. The first-order chi connectivity index (χ1) is 21.6. The van der Waals surface area contributed by atoms with Crippen molar-refractivity contribution in [2.45, 2.75) is 0 Å². The number of pyridine rings is 2. The number of aryl methyl sites for hydroxylation is 2. The lowest BCUT2D eigenvalue weighted by Gasteiger charge is -2.09. The number of methoxy groups -OCH3 is 2. The Morgan fingerprint density at radius 2 is 1.13 bits per heavy atom. The number of carbonyl (C=O) groups is 3. The fraction of sp³-hybridized carbons (Fsp3) is 0.114. The van der Waals surface area contributed by atoms with Gasteiger partial charge in [-0.15, -0.1) is 0 Å². The molecule has 10 heteroatoms. The third-order valence-corrected chi connectivity index (χ3v) is 6.31. The van der Waals surface area contributed by atoms with Crippen molar-refractivity contribution in [3.8, 4) is 23.0 Å². The van der Waals surface area contributed by atoms with Crippen molar-refractivity contribution in [1.29, 1.82) is 0 Å². The Morgan fingerprint density at radius 3 is 1.58 bits per heavy atom. The Kier molecular flexibility index (Phi) is 10.6. The number of aromatic nitrogens is 2. The van der Waals surface area contributed by atoms with Gasteiger partial charge in [0.2, 0.25) is 0 Å². The first-order valence-electron chi connectivity index (χ1n) is 13.7. The Bertz CT molecular complexity index is 1820. The number of ether oxygens (including phenoxy) is 4. The Balaban J connectivity index is 1.38. The lowest BCUT2D eigenvalue weighted by Crippen LogP contribution is -2.28. The minimum atomic E-state index is -0.535. The number of allylic oxidation sites excluding steroid dienone is 3. The van der Waals surface area contributed by atoms with Gasteiger partial charge in [-0.25, -0.2) is 18.7 Å². The highest BCUT2D eigenvalue weighted by atomic mass is 16.6. The van der Waals surface area contributed by atoms with Crippen LogP contribution in [-0.2, 0) is 18.9 Å². The van der Waals surface area contributed by atoms with Gasteiger partial charge in [0.25, 0.3) is 0 Å². The average Bonchev–Trinajstić information content (AvgIpc) is 3.03. The van der Waals surface area contributed by atoms with Crippen molar-refractivity contribution in [2.75, 3.05) is 14.2 Å². The molecule has 0 amide bonds. The van der Waals surface area contributed by atoms with Gasteiger partial charge >= 0.3 is 11.9 Å². The smallest absolute Gasteiger partial charge is 0.349 e. The summed E-state index contributed by atoms with van der Waals surface area (Å²) in [6.07, 6.45) is 13.7. The highest BCUT2D eigenvalue weighted by Gasteiger charge is 2.16. The molecule has 0 bridgehead atoms. The van der Waals surface area contributed by atoms with E-state index in [-0.39, 0.29) is 17.3 Å². The fourth-order valence-electron chi connectivity index (χ4n) is 4.08. The molecule has 0 aliphatic rings. The zero-order valence-corrected chi connectivity index (χ0v) is 25.2. The number of nitrogens with zero attached hydrogens (tertiary/aromatic N) is 2. The lowest BCUT2D eigenvalue weighted by molar-refractivity contribution is -0.671. The number of aliphatic hydroxyl groups excluding tert-OH is 1. The van der Waals surface area contributed by atoms with Crippen molar-refractivity contribution in [1.82, 2.24) is 0 Å². The van der Waals surface area contributed by atoms with Crippen LogP contribution in [0.25, 0.3) is 12.2 Å². The molecule has 0 unspecified atom stereocenters. The van der Waals surface area contributed by atoms with E-state index in [1.807, 2.05) is 0 Å². The summed E-state index contributed by atoms with van der Waals surface area (Å²) in [6, 6.07) is 16.5. The van der Waals surface area contributed by atoms with E-state index in [0.29, 0.717) is 33.8 Å². The first kappa shape index (κ1) is 31.9. The van der Waals surface area contributed by atoms with Crippen LogP contribution in [-0.4, -0.2) is 37.0 Å². The molecule has 0 aliphatic heterocycles. The monoisotopic (exact) mass is 608 g/mol. The van der Waals surface area contributed by atoms with Crippen LogP contribution in [0.5, 0.6) is 23.0 Å². The zero-order chi connectivity index (χ0) is 32.3. The molecule has 0 atom stereocenters. The molecule has 0 saturated carbocycles. The van der Waals surface area contributed by atoms with Gasteiger partial charge < -0.3 is 24.1 Å². The molecule has 2 aromatic heterocycles. The van der Waals surface area contributed by atoms with Crippen molar-refractivity contribution < 1.29 is 47.6 Å². The Morgan fingerprint density at radius 1 is 0.667 bits per heavy atom. The normalized spacial score (nSPS) is 11.4. The maximum Gasteiger partial charge on any atom is 0.349 e. The zero-order valence-electron chi connectivity index (χ0n) is 25.2. The molecule has 0 radical (unpaired) electrons. The summed E-state index contributed by atoms with van der Waals surface area (Å²) in [5.41, 5.74) is 2.01. The van der Waals surface area contributed by atoms with E-state index in [2.05, 4.69) is 0 Å². The molecule has 0 fully saturated rings. The van der Waals surface area contributed by atoms with E-state index in [4.69, 9.17) is 18.9 Å². The van der Waals surface area contributed by atoms with Gasteiger partial charge in [-0.1, -0.05) is 24.3 Å². The summed E-state index contributed by atoms with van der Waals surface area (Å²) in [7, 11) is 6.50. The van der Waals surface area contributed by atoms with Crippen LogP contribution in [0.1, 0.15) is 31.8 Å². The lowest BCUT2D eigenvalue weighted by atomic mass is 10.1. The number of carbonyl (C=O) groups excluding carboxylic acids is 3. The molecular formula is C35H32N2O8+2. The summed E-state index contributed by atoms with van der Waals surface area (Å²) in [6.45, 7) is 0. The molecule has 1 N–H and O–H groups in total. The fourth-order valence-corrected chi connectivity index (χ4v) is 4.08. The minimum Gasteiger partial charge on any atom is -0.508 e. The minimum absolute atomic E-state index is 0.230. The number of rotatable bonds is 11. The summed E-state index contributed by atoms with van der Waals surface area (Å²) in [5.74, 6) is -0.707. The number of hydrogen-bond acceptors (Lipinski definition) is 8. The number of ketones is 1. The third-order valence-electron chi connectivity index (χ3n) is 6.31. The van der Waals surface area contributed by atoms with Crippen LogP contribution < -0.4 is 28.1 Å². The van der Waals surface area contributed by atoms with Gasteiger partial charge in [0, 0.05) is 18.2 Å². The molecule has 228 valence electrons. The van der Waals surface area contributed by atoms with Crippen LogP contribution in [0.2, 0.25) is 0 Å². The van der Waals surface area contributed by atoms with Gasteiger partial charge in [0.05, 0.1) is 14.2 Å². The second-order valence-corrected chi connectivity index (χ2v) is 9.75. The predicted octanol–water partition coefficient (Wildman–Crippen LogP) is 4.53. The number of hydrogen-bond donors (Lipinski definition) is 1. The van der Waals surface area contributed by atoms with Crippen molar-refractivity contribution >= 4 is 29.9 Å². The maximum atomic E-state index is 12.5. The van der Waals surface area contributed by atoms with Crippen LogP contribution in [0.3, 0.4) is 0 Å². The maximum absolute atomic E-state index is 12.5. The van der Waals surface area contributed by atoms with Gasteiger partial charge in [-0.3, -0.25) is 4.79 Å². The first-order valence-corrected chi connectivity index (χ1v) is 13.7. The molecule has 2 heterocycles. The Hall–Kier alpha value is -6.03. The van der Waals surface area contributed by atoms with Crippen molar-refractivity contribution in [3.05, 3.63) is 132 Å². The van der Waals surface area contributed by atoms with Crippen LogP contribution >= 0.6 is 0 Å². The second-order valence-electron chi connectivity index (χ2n) is 9.75. The van der Waals surface area contributed by atoms with E-state index in [9.17, 15) is 19.5 Å². The van der Waals surface area contributed by atoms with Crippen LogP contribution in [0.4, 0.5) is 0 Å². The summed E-state index contributed by atoms with van der Waals surface area (Å²) in [4.78, 5) is 37.5. The van der Waals surface area contributed by atoms with Gasteiger partial charge in [0.15, 0.2) is 53.6 Å². The van der Waals surface area contributed by atoms with Crippen LogP contribution in [0.15, 0.2) is 109 Å². The highest BCUT2D eigenvalue weighted by molar-refractivity contribution is 6.02. The molecule has 2 aromatic carbocycles. The predicted molar refractivity (Wildman–Crippen MR) is 165 cm³/mol. The molecular weight excluding hydrogens is 576 g/mol. The standard InChI is InChI=1S/C35H31N2O8/c1-36-17-5-7-26(22-36)34(40)44-30-15-11-24(19-32(30)42-3)9-13-28(38)21-29(39)14-10-25-12-16-31(33(20-25)43-4)45-35(41)27-8-6-18-37(2)23-27/h5-23H,1-4H3/q+1/p+1/b13-9+,14-10+. The summed E-state index contributed by atoms with van der Waals surface area (Å²) >= 11 is 0. The van der Waals surface area contributed by atoms with Gasteiger partial charge in [-0.05, 0) is 59.7 Å². The molecule has 10 nitrogen and oxygen atoms in total. The quantitative estimate of drug-likeness (QED) is 0.0660. The number of esters is 2. The van der Waals surface area contributed by atoms with Gasteiger partial charge in [-0.2, -0.15) is 0 Å². The van der Waals surface area contributed by atoms with Crippen molar-refractivity contribution in [3.63, 3.8) is 0 Å². The number of benzene rings is 2. The van der Waals surface area contributed by atoms with Crippen LogP contribution in [0, 0.1) is 0 Å². The third kappa shape index (κ3) is 8.98. The van der Waals surface area contributed by atoms with E-state index >= 15 is 0 Å². The molecule has 4 rings (SSSR count). The van der Waals surface area contributed by atoms with Gasteiger partial charge in [0.1, 0.15) is 31.0 Å². The molecule has 45 heavy (non-hydrogen) atoms. The number of aliphatic hydroxyl groups is 1. The molecule has 0 saturated heterocycles. The van der Waals surface area contributed by atoms with E-state index in [0.717, 1.165) is 6.08 Å².